The second-order valence-corrected chi connectivity index (χ2v) is 6.59. The minimum absolute atomic E-state index is 0.0872. The smallest absolute Gasteiger partial charge is 0.230 e. The van der Waals surface area contributed by atoms with Crippen molar-refractivity contribution in [3.63, 3.8) is 0 Å². The Morgan fingerprint density at radius 1 is 1.35 bits per heavy atom. The van der Waals surface area contributed by atoms with Gasteiger partial charge in [0.2, 0.25) is 5.91 Å². The van der Waals surface area contributed by atoms with Gasteiger partial charge in [0.25, 0.3) is 0 Å². The van der Waals surface area contributed by atoms with E-state index in [-0.39, 0.29) is 5.91 Å². The van der Waals surface area contributed by atoms with E-state index in [1.807, 2.05) is 37.6 Å². The van der Waals surface area contributed by atoms with Gasteiger partial charge >= 0.3 is 0 Å². The highest BCUT2D eigenvalue weighted by Gasteiger charge is 2.51. The number of methoxy groups -OCH3 is 1. The lowest BCUT2D eigenvalue weighted by molar-refractivity contribution is -0.123. The van der Waals surface area contributed by atoms with Crippen LogP contribution in [0.4, 0.5) is 0 Å². The van der Waals surface area contributed by atoms with Gasteiger partial charge in [-0.25, -0.2) is 4.98 Å². The van der Waals surface area contributed by atoms with Crippen molar-refractivity contribution in [2.45, 2.75) is 38.1 Å². The minimum Gasteiger partial charge on any atom is -0.493 e. The van der Waals surface area contributed by atoms with Crippen LogP contribution in [0.15, 0.2) is 30.7 Å². The first-order chi connectivity index (χ1) is 12.6. The first kappa shape index (κ1) is 18.3. The summed E-state index contributed by atoms with van der Waals surface area (Å²) in [4.78, 5) is 22.2. The SMILES string of the molecule is CNOc1ccc(C2(C(=O)NCCCn3cncc3C)CC2)cc1OC. The summed E-state index contributed by atoms with van der Waals surface area (Å²) in [5.41, 5.74) is 4.31. The van der Waals surface area contributed by atoms with E-state index in [2.05, 4.69) is 20.3 Å². The molecule has 1 aromatic heterocycles. The third-order valence-electron chi connectivity index (χ3n) is 4.89. The van der Waals surface area contributed by atoms with Crippen molar-refractivity contribution >= 4 is 5.91 Å². The summed E-state index contributed by atoms with van der Waals surface area (Å²) in [6.07, 6.45) is 6.24. The molecule has 2 N–H and O–H groups in total. The van der Waals surface area contributed by atoms with Crippen LogP contribution in [-0.4, -0.2) is 36.2 Å². The van der Waals surface area contributed by atoms with Crippen LogP contribution >= 0.6 is 0 Å². The van der Waals surface area contributed by atoms with Gasteiger partial charge in [-0.05, 0) is 43.9 Å². The van der Waals surface area contributed by atoms with Crippen molar-refractivity contribution in [3.8, 4) is 11.5 Å². The monoisotopic (exact) mass is 358 g/mol. The van der Waals surface area contributed by atoms with Crippen LogP contribution in [0.5, 0.6) is 11.5 Å². The molecule has 7 nitrogen and oxygen atoms in total. The maximum absolute atomic E-state index is 12.8. The molecule has 7 heteroatoms. The lowest BCUT2D eigenvalue weighted by Gasteiger charge is -2.18. The van der Waals surface area contributed by atoms with Gasteiger partial charge in [0.1, 0.15) is 0 Å². The molecular weight excluding hydrogens is 332 g/mol. The number of ether oxygens (including phenoxy) is 1. The minimum atomic E-state index is -0.434. The average molecular weight is 358 g/mol. The maximum atomic E-state index is 12.8. The van der Waals surface area contributed by atoms with Gasteiger partial charge in [-0.3, -0.25) is 4.79 Å². The molecule has 0 unspecified atom stereocenters. The molecule has 1 saturated carbocycles. The van der Waals surface area contributed by atoms with Crippen LogP contribution in [0.2, 0.25) is 0 Å². The van der Waals surface area contributed by atoms with E-state index in [1.165, 1.54) is 0 Å². The molecule has 1 aliphatic rings. The number of aromatic nitrogens is 2. The number of rotatable bonds is 9. The standard InChI is InChI=1S/C19H26N4O3/c1-14-12-21-13-23(14)10-4-9-22-18(24)19(7-8-19)15-5-6-16(26-20-2)17(11-15)25-3/h5-6,11-13,20H,4,7-10H2,1-3H3,(H,22,24). The summed E-state index contributed by atoms with van der Waals surface area (Å²) in [7, 11) is 3.29. The second-order valence-electron chi connectivity index (χ2n) is 6.59. The molecule has 0 bridgehead atoms. The largest absolute Gasteiger partial charge is 0.493 e. The molecule has 1 aromatic carbocycles. The molecule has 140 valence electrons. The Morgan fingerprint density at radius 3 is 2.77 bits per heavy atom. The van der Waals surface area contributed by atoms with Crippen molar-refractivity contribution in [1.82, 2.24) is 20.3 Å². The number of nitrogens with one attached hydrogen (secondary N) is 2. The fraction of sp³-hybridized carbons (Fsp3) is 0.474. The Balaban J connectivity index is 1.59. The van der Waals surface area contributed by atoms with Crippen LogP contribution in [0.1, 0.15) is 30.5 Å². The van der Waals surface area contributed by atoms with Gasteiger partial charge in [0, 0.05) is 32.0 Å². The Bertz CT molecular complexity index is 768. The molecule has 1 amide bonds. The third-order valence-corrected chi connectivity index (χ3v) is 4.89. The average Bonchev–Trinajstić information content (AvgIpc) is 3.36. The van der Waals surface area contributed by atoms with Crippen molar-refractivity contribution in [2.24, 2.45) is 0 Å². The molecule has 0 atom stereocenters. The molecule has 0 radical (unpaired) electrons. The predicted molar refractivity (Wildman–Crippen MR) is 98.2 cm³/mol. The zero-order valence-electron chi connectivity index (χ0n) is 15.5. The summed E-state index contributed by atoms with van der Waals surface area (Å²) < 4.78 is 7.47. The highest BCUT2D eigenvalue weighted by Crippen LogP contribution is 2.50. The van der Waals surface area contributed by atoms with Gasteiger partial charge in [-0.2, -0.15) is 5.48 Å². The van der Waals surface area contributed by atoms with Crippen molar-refractivity contribution in [1.29, 1.82) is 0 Å². The third kappa shape index (κ3) is 3.67. The number of aryl methyl sites for hydroxylation is 2. The number of amides is 1. The van der Waals surface area contributed by atoms with Crippen LogP contribution in [0, 0.1) is 6.92 Å². The van der Waals surface area contributed by atoms with Crippen molar-refractivity contribution in [2.75, 3.05) is 20.7 Å². The molecule has 26 heavy (non-hydrogen) atoms. The fourth-order valence-corrected chi connectivity index (χ4v) is 3.17. The Morgan fingerprint density at radius 2 is 2.15 bits per heavy atom. The number of imidazole rings is 1. The first-order valence-corrected chi connectivity index (χ1v) is 8.88. The zero-order chi connectivity index (χ0) is 18.6. The summed E-state index contributed by atoms with van der Waals surface area (Å²) in [5.74, 6) is 1.31. The van der Waals surface area contributed by atoms with Gasteiger partial charge in [0.15, 0.2) is 11.5 Å². The Hall–Kier alpha value is -2.54. The molecule has 1 fully saturated rings. The lowest BCUT2D eigenvalue weighted by Crippen LogP contribution is -2.35. The molecule has 2 aromatic rings. The highest BCUT2D eigenvalue weighted by molar-refractivity contribution is 5.91. The van der Waals surface area contributed by atoms with Crippen LogP contribution in [0.3, 0.4) is 0 Å². The lowest BCUT2D eigenvalue weighted by atomic mass is 9.94. The topological polar surface area (TPSA) is 77.4 Å². The molecule has 0 saturated heterocycles. The number of hydroxylamine groups is 1. The second kappa shape index (κ2) is 7.78. The van der Waals surface area contributed by atoms with E-state index >= 15 is 0 Å². The van der Waals surface area contributed by atoms with E-state index in [9.17, 15) is 4.79 Å². The number of carbonyl (C=O) groups excluding carboxylic acids is 1. The molecular formula is C19H26N4O3. The van der Waals surface area contributed by atoms with E-state index in [1.54, 1.807) is 14.2 Å². The van der Waals surface area contributed by atoms with E-state index in [0.717, 1.165) is 37.1 Å². The zero-order valence-corrected chi connectivity index (χ0v) is 15.5. The number of benzene rings is 1. The highest BCUT2D eigenvalue weighted by atomic mass is 16.7. The van der Waals surface area contributed by atoms with Crippen LogP contribution in [0.25, 0.3) is 0 Å². The number of carbonyl (C=O) groups is 1. The molecule has 0 spiro atoms. The van der Waals surface area contributed by atoms with Gasteiger partial charge in [-0.15, -0.1) is 0 Å². The van der Waals surface area contributed by atoms with Gasteiger partial charge < -0.3 is 19.5 Å². The van der Waals surface area contributed by atoms with Crippen LogP contribution < -0.4 is 20.4 Å². The summed E-state index contributed by atoms with van der Waals surface area (Å²) in [6, 6.07) is 5.67. The molecule has 0 aliphatic heterocycles. The molecule has 1 aliphatic carbocycles. The predicted octanol–water partition coefficient (Wildman–Crippen LogP) is 1.95. The summed E-state index contributed by atoms with van der Waals surface area (Å²) >= 11 is 0. The maximum Gasteiger partial charge on any atom is 0.230 e. The number of nitrogens with zero attached hydrogens (tertiary/aromatic N) is 2. The van der Waals surface area contributed by atoms with Crippen LogP contribution in [-0.2, 0) is 16.8 Å². The Kier molecular flexibility index (Phi) is 5.46. The number of hydrogen-bond donors (Lipinski definition) is 2. The van der Waals surface area contributed by atoms with Gasteiger partial charge in [-0.1, -0.05) is 6.07 Å². The van der Waals surface area contributed by atoms with Crippen molar-refractivity contribution < 1.29 is 14.4 Å². The normalized spacial score (nSPS) is 14.7. The molecule has 1 heterocycles. The van der Waals surface area contributed by atoms with E-state index in [4.69, 9.17) is 9.57 Å². The van der Waals surface area contributed by atoms with Crippen molar-refractivity contribution in [3.05, 3.63) is 42.0 Å². The van der Waals surface area contributed by atoms with E-state index < -0.39 is 5.41 Å². The Labute approximate surface area is 153 Å². The fourth-order valence-electron chi connectivity index (χ4n) is 3.17. The summed E-state index contributed by atoms with van der Waals surface area (Å²) in [5, 5.41) is 3.09. The first-order valence-electron chi connectivity index (χ1n) is 8.88. The van der Waals surface area contributed by atoms with Gasteiger partial charge in [0.05, 0.1) is 18.9 Å². The quantitative estimate of drug-likeness (QED) is 0.529. The molecule has 3 rings (SSSR count). The number of hydrogen-bond acceptors (Lipinski definition) is 5. The summed E-state index contributed by atoms with van der Waals surface area (Å²) in [6.45, 7) is 3.53. The van der Waals surface area contributed by atoms with E-state index in [0.29, 0.717) is 18.0 Å².